The van der Waals surface area contributed by atoms with Crippen molar-refractivity contribution in [2.75, 3.05) is 5.32 Å². The third kappa shape index (κ3) is 4.38. The van der Waals surface area contributed by atoms with Crippen molar-refractivity contribution in [2.24, 2.45) is 0 Å². The Labute approximate surface area is 105 Å². The number of hydrogen-bond donors (Lipinski definition) is 2. The van der Waals surface area contributed by atoms with Gasteiger partial charge in [-0.15, -0.1) is 0 Å². The molecule has 19 heavy (non-hydrogen) atoms. The van der Waals surface area contributed by atoms with E-state index in [1.807, 2.05) is 5.32 Å². The number of carbonyl (C=O) groups is 1. The number of anilines is 1. The largest absolute Gasteiger partial charge is 0.478 e. The van der Waals surface area contributed by atoms with Crippen LogP contribution in [0.3, 0.4) is 0 Å². The third-order valence-corrected chi connectivity index (χ3v) is 2.22. The molecule has 1 atom stereocenters. The number of nitrogens with one attached hydrogen (secondary N) is 1. The zero-order chi connectivity index (χ0) is 14.8. The Morgan fingerprint density at radius 2 is 1.79 bits per heavy atom. The number of aromatic carboxylic acids is 1. The molecule has 1 unspecified atom stereocenters. The Morgan fingerprint density at radius 3 is 2.16 bits per heavy atom. The summed E-state index contributed by atoms with van der Waals surface area (Å²) in [6, 6.07) is -0.179. The number of carboxylic acids is 1. The van der Waals surface area contributed by atoms with E-state index in [9.17, 15) is 26.7 Å². The van der Waals surface area contributed by atoms with Crippen LogP contribution in [-0.4, -0.2) is 23.3 Å². The fourth-order valence-corrected chi connectivity index (χ4v) is 1.48. The molecule has 0 aliphatic heterocycles. The van der Waals surface area contributed by atoms with Crippen LogP contribution in [0.25, 0.3) is 0 Å². The molecule has 1 aromatic rings. The minimum atomic E-state index is -4.47. The van der Waals surface area contributed by atoms with E-state index in [0.717, 1.165) is 6.92 Å². The van der Waals surface area contributed by atoms with Crippen molar-refractivity contribution in [1.82, 2.24) is 0 Å². The second-order valence-electron chi connectivity index (χ2n) is 3.98. The van der Waals surface area contributed by atoms with Crippen molar-refractivity contribution in [3.63, 3.8) is 0 Å². The molecule has 3 nitrogen and oxygen atoms in total. The maximum Gasteiger partial charge on any atom is 0.391 e. The molecule has 0 radical (unpaired) electrons. The first-order valence-corrected chi connectivity index (χ1v) is 5.16. The quantitative estimate of drug-likeness (QED) is 0.832. The first-order chi connectivity index (χ1) is 8.60. The monoisotopic (exact) mass is 283 g/mol. The van der Waals surface area contributed by atoms with Gasteiger partial charge in [-0.25, -0.2) is 13.6 Å². The molecule has 0 amide bonds. The van der Waals surface area contributed by atoms with E-state index in [0.29, 0.717) is 12.1 Å². The summed E-state index contributed by atoms with van der Waals surface area (Å²) in [4.78, 5) is 10.5. The maximum atomic E-state index is 13.4. The first kappa shape index (κ1) is 15.2. The zero-order valence-electron chi connectivity index (χ0n) is 9.68. The highest BCUT2D eigenvalue weighted by Gasteiger charge is 2.30. The molecule has 106 valence electrons. The lowest BCUT2D eigenvalue weighted by atomic mass is 10.1. The number of hydrogen-bond acceptors (Lipinski definition) is 2. The molecule has 1 aromatic carbocycles. The van der Waals surface area contributed by atoms with E-state index in [1.165, 1.54) is 0 Å². The molecule has 0 heterocycles. The fourth-order valence-electron chi connectivity index (χ4n) is 1.48. The summed E-state index contributed by atoms with van der Waals surface area (Å²) in [7, 11) is 0. The molecule has 1 rings (SSSR count). The van der Waals surface area contributed by atoms with Crippen LogP contribution in [0.4, 0.5) is 27.6 Å². The van der Waals surface area contributed by atoms with Crippen LogP contribution >= 0.6 is 0 Å². The summed E-state index contributed by atoms with van der Waals surface area (Å²) >= 11 is 0. The predicted molar refractivity (Wildman–Crippen MR) is 57.1 cm³/mol. The van der Waals surface area contributed by atoms with Crippen LogP contribution in [0.1, 0.15) is 23.7 Å². The van der Waals surface area contributed by atoms with Gasteiger partial charge in [0.2, 0.25) is 0 Å². The lowest BCUT2D eigenvalue weighted by Gasteiger charge is -2.18. The average Bonchev–Trinajstić information content (AvgIpc) is 2.20. The van der Waals surface area contributed by atoms with Gasteiger partial charge in [-0.05, 0) is 19.1 Å². The van der Waals surface area contributed by atoms with Crippen LogP contribution in [0.2, 0.25) is 0 Å². The van der Waals surface area contributed by atoms with Gasteiger partial charge in [0, 0.05) is 6.04 Å². The highest BCUT2D eigenvalue weighted by atomic mass is 19.4. The summed E-state index contributed by atoms with van der Waals surface area (Å²) in [6.45, 7) is 1.11. The predicted octanol–water partition coefficient (Wildman–Crippen LogP) is 3.42. The molecule has 0 saturated carbocycles. The molecular weight excluding hydrogens is 273 g/mol. The second kappa shape index (κ2) is 5.41. The van der Waals surface area contributed by atoms with E-state index in [2.05, 4.69) is 0 Å². The molecule has 0 spiro atoms. The molecule has 0 fully saturated rings. The summed E-state index contributed by atoms with van der Waals surface area (Å²) in [5.74, 6) is -4.05. The highest BCUT2D eigenvalue weighted by molar-refractivity contribution is 5.88. The minimum absolute atomic E-state index is 0.536. The summed E-state index contributed by atoms with van der Waals surface area (Å²) in [6.07, 6.45) is -5.74. The highest BCUT2D eigenvalue weighted by Crippen LogP contribution is 2.26. The normalized spacial score (nSPS) is 13.2. The lowest BCUT2D eigenvalue weighted by molar-refractivity contribution is -0.136. The van der Waals surface area contributed by atoms with Gasteiger partial charge in [0.15, 0.2) is 0 Å². The van der Waals surface area contributed by atoms with Gasteiger partial charge in [-0.1, -0.05) is 0 Å². The van der Waals surface area contributed by atoms with Gasteiger partial charge in [-0.3, -0.25) is 0 Å². The molecule has 0 bridgehead atoms. The van der Waals surface area contributed by atoms with Gasteiger partial charge in [-0.2, -0.15) is 13.2 Å². The summed E-state index contributed by atoms with van der Waals surface area (Å²) in [5, 5.41) is 10.6. The number of benzene rings is 1. The fraction of sp³-hybridized carbons (Fsp3) is 0.364. The molecule has 0 aliphatic carbocycles. The van der Waals surface area contributed by atoms with Gasteiger partial charge < -0.3 is 10.4 Å². The van der Waals surface area contributed by atoms with Gasteiger partial charge in [0.1, 0.15) is 17.3 Å². The van der Waals surface area contributed by atoms with Crippen LogP contribution in [0, 0.1) is 11.6 Å². The van der Waals surface area contributed by atoms with Crippen molar-refractivity contribution < 1.29 is 31.9 Å². The molecule has 0 aromatic heterocycles. The van der Waals surface area contributed by atoms with Crippen LogP contribution in [0.15, 0.2) is 12.1 Å². The van der Waals surface area contributed by atoms with Crippen molar-refractivity contribution >= 4 is 11.7 Å². The maximum absolute atomic E-state index is 13.4. The lowest BCUT2D eigenvalue weighted by Crippen LogP contribution is -2.25. The van der Waals surface area contributed by atoms with Crippen LogP contribution in [0.5, 0.6) is 0 Å². The van der Waals surface area contributed by atoms with E-state index in [-0.39, 0.29) is 0 Å². The number of carboxylic acid groups (broad SMARTS) is 1. The van der Waals surface area contributed by atoms with E-state index < -0.39 is 47.5 Å². The Bertz CT molecular complexity index is 463. The Hall–Kier alpha value is -1.86. The molecule has 0 aliphatic rings. The third-order valence-electron chi connectivity index (χ3n) is 2.22. The molecule has 0 saturated heterocycles. The standard InChI is InChI=1S/C11H10F5NO2/c1-5(4-11(14,15)16)17-9-7(12)2-6(10(18)19)3-8(9)13/h2-3,5,17H,4H2,1H3,(H,18,19). The second-order valence-corrected chi connectivity index (χ2v) is 3.98. The van der Waals surface area contributed by atoms with Gasteiger partial charge in [0.05, 0.1) is 12.0 Å². The Balaban J connectivity index is 2.93. The van der Waals surface area contributed by atoms with Gasteiger partial charge in [0.25, 0.3) is 0 Å². The van der Waals surface area contributed by atoms with E-state index in [1.54, 1.807) is 0 Å². The Morgan fingerprint density at radius 1 is 1.32 bits per heavy atom. The zero-order valence-corrected chi connectivity index (χ0v) is 9.68. The van der Waals surface area contributed by atoms with Gasteiger partial charge >= 0.3 is 12.1 Å². The minimum Gasteiger partial charge on any atom is -0.478 e. The van der Waals surface area contributed by atoms with E-state index >= 15 is 0 Å². The van der Waals surface area contributed by atoms with Crippen molar-refractivity contribution in [2.45, 2.75) is 25.6 Å². The van der Waals surface area contributed by atoms with E-state index in [4.69, 9.17) is 5.11 Å². The number of rotatable bonds is 4. The smallest absolute Gasteiger partial charge is 0.391 e. The van der Waals surface area contributed by atoms with Crippen molar-refractivity contribution in [3.05, 3.63) is 29.3 Å². The molecule has 8 heteroatoms. The summed E-state index contributed by atoms with van der Waals surface area (Å²) < 4.78 is 63.1. The number of alkyl halides is 3. The van der Waals surface area contributed by atoms with Crippen LogP contribution in [-0.2, 0) is 0 Å². The molecule has 2 N–H and O–H groups in total. The number of halogens is 5. The van der Waals surface area contributed by atoms with Crippen LogP contribution < -0.4 is 5.32 Å². The first-order valence-electron chi connectivity index (χ1n) is 5.16. The SMILES string of the molecule is CC(CC(F)(F)F)Nc1c(F)cc(C(=O)O)cc1F. The Kier molecular flexibility index (Phi) is 4.33. The summed E-state index contributed by atoms with van der Waals surface area (Å²) in [5.41, 5.74) is -1.40. The van der Waals surface area contributed by atoms with Crippen molar-refractivity contribution in [3.8, 4) is 0 Å². The molecular formula is C11H10F5NO2. The average molecular weight is 283 g/mol. The topological polar surface area (TPSA) is 49.3 Å². The van der Waals surface area contributed by atoms with Crippen molar-refractivity contribution in [1.29, 1.82) is 0 Å².